The smallest absolute Gasteiger partial charge is 0.272 e. The van der Waals surface area contributed by atoms with Gasteiger partial charge in [-0.25, -0.2) is 4.98 Å². The molecule has 0 aliphatic carbocycles. The highest BCUT2D eigenvalue weighted by atomic mass is 16.5. The van der Waals surface area contributed by atoms with E-state index in [9.17, 15) is 4.79 Å². The van der Waals surface area contributed by atoms with E-state index in [-0.39, 0.29) is 24.2 Å². The largest absolute Gasteiger partial charge is 0.497 e. The van der Waals surface area contributed by atoms with Crippen LogP contribution in [0.25, 0.3) is 17.2 Å². The van der Waals surface area contributed by atoms with Crippen LogP contribution >= 0.6 is 0 Å². The second-order valence-electron chi connectivity index (χ2n) is 8.04. The maximum atomic E-state index is 12.8. The fourth-order valence-electron chi connectivity index (χ4n) is 4.35. The number of fused-ring (bicyclic) bond motifs is 1. The minimum absolute atomic E-state index is 0.138. The lowest BCUT2D eigenvalue weighted by molar-refractivity contribution is -0.116. The number of methoxy groups -OCH3 is 3. The summed E-state index contributed by atoms with van der Waals surface area (Å²) in [7, 11) is 4.82. The van der Waals surface area contributed by atoms with E-state index in [1.54, 1.807) is 27.5 Å². The molecule has 178 valence electrons. The number of hydrogen-bond acceptors (Lipinski definition) is 8. The Labute approximate surface area is 201 Å². The zero-order chi connectivity index (χ0) is 24.5. The summed E-state index contributed by atoms with van der Waals surface area (Å²) in [5.41, 5.74) is 3.98. The molecule has 10 heteroatoms. The fourth-order valence-corrected chi connectivity index (χ4v) is 4.35. The van der Waals surface area contributed by atoms with Crippen molar-refractivity contribution in [3.63, 3.8) is 0 Å². The molecule has 4 aromatic rings. The van der Waals surface area contributed by atoms with Crippen LogP contribution < -0.4 is 19.5 Å². The number of benzene rings is 2. The summed E-state index contributed by atoms with van der Waals surface area (Å²) < 4.78 is 17.7. The number of nitrogens with one attached hydrogen (secondary N) is 1. The van der Waals surface area contributed by atoms with Crippen LogP contribution in [0.5, 0.6) is 17.2 Å². The van der Waals surface area contributed by atoms with Crippen molar-refractivity contribution in [3.05, 3.63) is 65.5 Å². The van der Waals surface area contributed by atoms with Crippen molar-refractivity contribution in [1.29, 1.82) is 0 Å². The Hall–Kier alpha value is -4.47. The minimum atomic E-state index is -0.258. The summed E-state index contributed by atoms with van der Waals surface area (Å²) in [4.78, 5) is 17.5. The zero-order valence-electron chi connectivity index (χ0n) is 19.8. The molecule has 5 rings (SSSR count). The second kappa shape index (κ2) is 9.05. The quantitative estimate of drug-likeness (QED) is 0.453. The van der Waals surface area contributed by atoms with Crippen LogP contribution in [0.3, 0.4) is 0 Å². The number of aryl methyl sites for hydroxylation is 1. The molecule has 1 atom stereocenters. The molecule has 1 aliphatic heterocycles. The number of carbonyl (C=O) groups is 1. The molecule has 0 radical (unpaired) electrons. The second-order valence-corrected chi connectivity index (χ2v) is 8.04. The number of anilines is 1. The zero-order valence-corrected chi connectivity index (χ0v) is 19.8. The van der Waals surface area contributed by atoms with Crippen LogP contribution in [0.2, 0.25) is 0 Å². The van der Waals surface area contributed by atoms with Crippen LogP contribution in [0, 0.1) is 6.92 Å². The number of nitrogens with zero attached hydrogens (tertiary/aromatic N) is 5. The molecule has 1 aliphatic rings. The van der Waals surface area contributed by atoms with Gasteiger partial charge in [0.1, 0.15) is 23.1 Å². The van der Waals surface area contributed by atoms with Gasteiger partial charge in [-0.2, -0.15) is 14.9 Å². The summed E-state index contributed by atoms with van der Waals surface area (Å²) in [5, 5.41) is 16.0. The standard InChI is InChI=1S/C25H24N6O4/c1-14-23-19(18-10-9-17(34-3)11-21(18)35-4)12-22(32)28-24(23)31(30-14)25-27-20(13-26-29-25)15-5-7-16(33-2)8-6-15/h5-11,13,19H,12H2,1-4H3,(H,28,32). The maximum absolute atomic E-state index is 12.8. The van der Waals surface area contributed by atoms with Crippen molar-refractivity contribution in [2.24, 2.45) is 0 Å². The van der Waals surface area contributed by atoms with Crippen LogP contribution in [-0.2, 0) is 4.79 Å². The fraction of sp³-hybridized carbons (Fsp3) is 0.240. The first kappa shape index (κ1) is 22.3. The van der Waals surface area contributed by atoms with Crippen LogP contribution in [-0.4, -0.2) is 52.2 Å². The Bertz CT molecular complexity index is 1400. The SMILES string of the molecule is COc1ccc(-c2cnnc(-n3nc(C)c4c3NC(=O)CC4c3ccc(OC)cc3OC)n2)cc1. The average Bonchev–Trinajstić information content (AvgIpc) is 3.23. The highest BCUT2D eigenvalue weighted by Gasteiger charge is 2.35. The number of aromatic nitrogens is 5. The monoisotopic (exact) mass is 472 g/mol. The van der Waals surface area contributed by atoms with E-state index in [1.807, 2.05) is 49.4 Å². The Morgan fingerprint density at radius 2 is 1.74 bits per heavy atom. The molecule has 0 bridgehead atoms. The van der Waals surface area contributed by atoms with Gasteiger partial charge in [0, 0.05) is 35.1 Å². The number of rotatable bonds is 6. The Morgan fingerprint density at radius 1 is 1.00 bits per heavy atom. The highest BCUT2D eigenvalue weighted by molar-refractivity contribution is 5.95. The molecule has 0 saturated heterocycles. The van der Waals surface area contributed by atoms with E-state index in [0.29, 0.717) is 23.0 Å². The maximum Gasteiger partial charge on any atom is 0.272 e. The topological polar surface area (TPSA) is 113 Å². The molecule has 0 fully saturated rings. The summed E-state index contributed by atoms with van der Waals surface area (Å²) in [6.07, 6.45) is 1.84. The Kier molecular flexibility index (Phi) is 5.77. The third-order valence-corrected chi connectivity index (χ3v) is 6.04. The number of carbonyl (C=O) groups excluding carboxylic acids is 1. The third-order valence-electron chi connectivity index (χ3n) is 6.04. The van der Waals surface area contributed by atoms with Gasteiger partial charge in [-0.3, -0.25) is 4.79 Å². The minimum Gasteiger partial charge on any atom is -0.497 e. The van der Waals surface area contributed by atoms with Gasteiger partial charge < -0.3 is 19.5 Å². The van der Waals surface area contributed by atoms with Gasteiger partial charge in [0.15, 0.2) is 0 Å². The molecular weight excluding hydrogens is 448 g/mol. The predicted octanol–water partition coefficient (Wildman–Crippen LogP) is 3.53. The lowest BCUT2D eigenvalue weighted by Crippen LogP contribution is -2.25. The summed E-state index contributed by atoms with van der Waals surface area (Å²) in [6.45, 7) is 1.90. The van der Waals surface area contributed by atoms with Gasteiger partial charge in [-0.05, 0) is 37.3 Å². The normalized spacial score (nSPS) is 14.7. The van der Waals surface area contributed by atoms with Gasteiger partial charge >= 0.3 is 0 Å². The summed E-state index contributed by atoms with van der Waals surface area (Å²) >= 11 is 0. The molecule has 2 aromatic heterocycles. The van der Waals surface area contributed by atoms with Crippen molar-refractivity contribution in [2.75, 3.05) is 26.6 Å². The Balaban J connectivity index is 1.59. The average molecular weight is 473 g/mol. The molecule has 3 heterocycles. The molecular formula is C25H24N6O4. The first-order valence-corrected chi connectivity index (χ1v) is 11.0. The van der Waals surface area contributed by atoms with E-state index in [2.05, 4.69) is 25.6 Å². The molecule has 1 amide bonds. The lowest BCUT2D eigenvalue weighted by atomic mass is 9.85. The van der Waals surface area contributed by atoms with Crippen molar-refractivity contribution in [2.45, 2.75) is 19.3 Å². The van der Waals surface area contributed by atoms with Gasteiger partial charge in [0.05, 0.1) is 38.9 Å². The molecule has 2 aromatic carbocycles. The molecule has 0 saturated carbocycles. The molecule has 1 unspecified atom stereocenters. The van der Waals surface area contributed by atoms with E-state index in [1.165, 1.54) is 4.68 Å². The molecule has 35 heavy (non-hydrogen) atoms. The Morgan fingerprint density at radius 3 is 2.46 bits per heavy atom. The molecule has 10 nitrogen and oxygen atoms in total. The number of ether oxygens (including phenoxy) is 3. The summed E-state index contributed by atoms with van der Waals surface area (Å²) in [5.74, 6) is 2.44. The lowest BCUT2D eigenvalue weighted by Gasteiger charge is -2.25. The van der Waals surface area contributed by atoms with Crippen LogP contribution in [0.4, 0.5) is 5.82 Å². The van der Waals surface area contributed by atoms with Crippen molar-refractivity contribution in [3.8, 4) is 34.5 Å². The van der Waals surface area contributed by atoms with Gasteiger partial charge in [0.25, 0.3) is 5.95 Å². The van der Waals surface area contributed by atoms with Gasteiger partial charge in [-0.15, -0.1) is 5.10 Å². The van der Waals surface area contributed by atoms with Crippen molar-refractivity contribution < 1.29 is 19.0 Å². The predicted molar refractivity (Wildman–Crippen MR) is 128 cm³/mol. The summed E-state index contributed by atoms with van der Waals surface area (Å²) in [6, 6.07) is 13.1. The first-order chi connectivity index (χ1) is 17.0. The van der Waals surface area contributed by atoms with Gasteiger partial charge in [0.2, 0.25) is 5.91 Å². The molecule has 1 N–H and O–H groups in total. The highest BCUT2D eigenvalue weighted by Crippen LogP contribution is 2.43. The van der Waals surface area contributed by atoms with Crippen LogP contribution in [0.15, 0.2) is 48.7 Å². The van der Waals surface area contributed by atoms with E-state index in [0.717, 1.165) is 28.1 Å². The van der Waals surface area contributed by atoms with Crippen molar-refractivity contribution in [1.82, 2.24) is 25.0 Å². The van der Waals surface area contributed by atoms with E-state index in [4.69, 9.17) is 14.2 Å². The first-order valence-electron chi connectivity index (χ1n) is 11.0. The van der Waals surface area contributed by atoms with Gasteiger partial charge in [-0.1, -0.05) is 6.07 Å². The van der Waals surface area contributed by atoms with E-state index < -0.39 is 0 Å². The third kappa shape index (κ3) is 4.03. The van der Waals surface area contributed by atoms with E-state index >= 15 is 0 Å². The molecule has 0 spiro atoms. The van der Waals surface area contributed by atoms with Crippen molar-refractivity contribution >= 4 is 11.7 Å². The number of amides is 1. The van der Waals surface area contributed by atoms with Crippen LogP contribution in [0.1, 0.15) is 29.2 Å². The number of hydrogen-bond donors (Lipinski definition) is 1.